The van der Waals surface area contributed by atoms with Gasteiger partial charge in [0.25, 0.3) is 0 Å². The number of rotatable bonds is 3. The molecule has 3 rings (SSSR count). The van der Waals surface area contributed by atoms with Crippen molar-refractivity contribution in [2.75, 3.05) is 0 Å². The Bertz CT molecular complexity index is 750. The molecule has 0 fully saturated rings. The maximum atomic E-state index is 5.75. The molecule has 0 radical (unpaired) electrons. The van der Waals surface area contributed by atoms with Gasteiger partial charge in [-0.3, -0.25) is 0 Å². The Morgan fingerprint density at radius 3 is 2.70 bits per heavy atom. The molecule has 7 heteroatoms. The van der Waals surface area contributed by atoms with Gasteiger partial charge in [-0.2, -0.15) is 5.10 Å². The zero-order valence-corrected chi connectivity index (χ0v) is 13.2. The van der Waals surface area contributed by atoms with Gasteiger partial charge < -0.3 is 4.42 Å². The van der Waals surface area contributed by atoms with Crippen LogP contribution < -0.4 is 0 Å². The second-order valence-electron chi connectivity index (χ2n) is 3.91. The predicted molar refractivity (Wildman–Crippen MR) is 82.6 cm³/mol. The second-order valence-corrected chi connectivity index (χ2v) is 5.68. The highest BCUT2D eigenvalue weighted by atomic mass is 79.9. The molecule has 1 aromatic carbocycles. The van der Waals surface area contributed by atoms with Crippen molar-refractivity contribution in [2.45, 2.75) is 0 Å². The Morgan fingerprint density at radius 1 is 1.10 bits per heavy atom. The third-order valence-electron chi connectivity index (χ3n) is 2.55. The molecule has 0 atom stereocenters. The molecule has 0 aliphatic rings. The Morgan fingerprint density at radius 2 is 1.90 bits per heavy atom. The molecule has 0 N–H and O–H groups in total. The number of nitrogens with zero attached hydrogens (tertiary/aromatic N) is 4. The van der Waals surface area contributed by atoms with Crippen LogP contribution in [0.3, 0.4) is 0 Å². The molecular weight excluding hydrogens is 388 g/mol. The summed E-state index contributed by atoms with van der Waals surface area (Å²) in [5.41, 5.74) is 0.975. The number of halogens is 2. The molecule has 0 bridgehead atoms. The van der Waals surface area contributed by atoms with Gasteiger partial charge in [0.2, 0.25) is 0 Å². The van der Waals surface area contributed by atoms with Gasteiger partial charge in [0.1, 0.15) is 24.2 Å². The lowest BCUT2D eigenvalue weighted by atomic mass is 10.2. The quantitative estimate of drug-likeness (QED) is 0.631. The van der Waals surface area contributed by atoms with E-state index in [0.29, 0.717) is 5.76 Å². The number of aromatic nitrogens is 3. The van der Waals surface area contributed by atoms with E-state index in [1.807, 2.05) is 30.3 Å². The average Bonchev–Trinajstić information content (AvgIpc) is 3.10. The third-order valence-corrected chi connectivity index (χ3v) is 3.73. The SMILES string of the molecule is Brc1ccc(Br)c(-c2ccc(C=Nn3cnnc3)o2)c1. The molecule has 0 saturated carbocycles. The minimum atomic E-state index is 0.653. The van der Waals surface area contributed by atoms with Crippen molar-refractivity contribution in [3.63, 3.8) is 0 Å². The van der Waals surface area contributed by atoms with Crippen LogP contribution in [0.2, 0.25) is 0 Å². The summed E-state index contributed by atoms with van der Waals surface area (Å²) in [6.45, 7) is 0. The fraction of sp³-hybridized carbons (Fsp3) is 0. The van der Waals surface area contributed by atoms with Crippen LogP contribution in [0.1, 0.15) is 5.76 Å². The van der Waals surface area contributed by atoms with Crippen LogP contribution in [0.25, 0.3) is 11.3 Å². The van der Waals surface area contributed by atoms with Gasteiger partial charge in [-0.05, 0) is 30.3 Å². The number of benzene rings is 1. The number of hydrogen-bond donors (Lipinski definition) is 0. The highest BCUT2D eigenvalue weighted by Gasteiger charge is 2.08. The van der Waals surface area contributed by atoms with E-state index in [-0.39, 0.29) is 0 Å². The minimum absolute atomic E-state index is 0.653. The largest absolute Gasteiger partial charge is 0.455 e. The third kappa shape index (κ3) is 2.88. The van der Waals surface area contributed by atoms with Gasteiger partial charge in [0.15, 0.2) is 0 Å². The Kier molecular flexibility index (Phi) is 3.79. The fourth-order valence-electron chi connectivity index (χ4n) is 1.63. The van der Waals surface area contributed by atoms with E-state index in [1.54, 1.807) is 6.21 Å². The van der Waals surface area contributed by atoms with Crippen LogP contribution in [0.4, 0.5) is 0 Å². The molecule has 0 aliphatic heterocycles. The van der Waals surface area contributed by atoms with Crippen LogP contribution in [-0.4, -0.2) is 21.1 Å². The monoisotopic (exact) mass is 394 g/mol. The molecule has 20 heavy (non-hydrogen) atoms. The van der Waals surface area contributed by atoms with Crippen molar-refractivity contribution in [3.8, 4) is 11.3 Å². The van der Waals surface area contributed by atoms with Crippen molar-refractivity contribution in [1.82, 2.24) is 14.9 Å². The maximum Gasteiger partial charge on any atom is 0.147 e. The summed E-state index contributed by atoms with van der Waals surface area (Å²) in [6.07, 6.45) is 4.62. The number of furan rings is 1. The summed E-state index contributed by atoms with van der Waals surface area (Å²) in [6, 6.07) is 9.68. The normalized spacial score (nSPS) is 11.3. The summed E-state index contributed by atoms with van der Waals surface area (Å²) in [4.78, 5) is 0. The van der Waals surface area contributed by atoms with Gasteiger partial charge in [0.05, 0.1) is 6.21 Å². The highest BCUT2D eigenvalue weighted by molar-refractivity contribution is 9.11. The van der Waals surface area contributed by atoms with E-state index < -0.39 is 0 Å². The van der Waals surface area contributed by atoms with E-state index in [2.05, 4.69) is 47.2 Å². The van der Waals surface area contributed by atoms with Crippen LogP contribution in [0.15, 0.2) is 61.5 Å². The number of hydrogen-bond acceptors (Lipinski definition) is 4. The fourth-order valence-corrected chi connectivity index (χ4v) is 2.43. The van der Waals surface area contributed by atoms with Gasteiger partial charge in [-0.15, -0.1) is 10.2 Å². The molecule has 3 aromatic rings. The summed E-state index contributed by atoms with van der Waals surface area (Å²) < 4.78 is 9.21. The van der Waals surface area contributed by atoms with Crippen LogP contribution in [0, 0.1) is 0 Å². The highest BCUT2D eigenvalue weighted by Crippen LogP contribution is 2.31. The molecule has 0 saturated heterocycles. The molecule has 100 valence electrons. The molecule has 0 spiro atoms. The van der Waals surface area contributed by atoms with Gasteiger partial charge in [0, 0.05) is 14.5 Å². The van der Waals surface area contributed by atoms with Crippen molar-refractivity contribution in [2.24, 2.45) is 5.10 Å². The average molecular weight is 396 g/mol. The first kappa shape index (κ1) is 13.3. The maximum absolute atomic E-state index is 5.75. The smallest absolute Gasteiger partial charge is 0.147 e. The molecule has 0 aliphatic carbocycles. The van der Waals surface area contributed by atoms with Crippen LogP contribution in [0.5, 0.6) is 0 Å². The van der Waals surface area contributed by atoms with E-state index in [4.69, 9.17) is 4.42 Å². The predicted octanol–water partition coefficient (Wildman–Crippen LogP) is 3.95. The van der Waals surface area contributed by atoms with Crippen molar-refractivity contribution < 1.29 is 4.42 Å². The summed E-state index contributed by atoms with van der Waals surface area (Å²) in [5.74, 6) is 1.42. The zero-order valence-electron chi connectivity index (χ0n) is 10.1. The van der Waals surface area contributed by atoms with Crippen LogP contribution in [-0.2, 0) is 0 Å². The molecule has 2 aromatic heterocycles. The Labute approximate surface area is 131 Å². The summed E-state index contributed by atoms with van der Waals surface area (Å²) in [5, 5.41) is 11.5. The molecule has 2 heterocycles. The molecular formula is C13H8Br2N4O. The molecule has 0 unspecified atom stereocenters. The topological polar surface area (TPSA) is 56.2 Å². The second kappa shape index (κ2) is 5.72. The Hall–Kier alpha value is -1.73. The van der Waals surface area contributed by atoms with E-state index in [9.17, 15) is 0 Å². The summed E-state index contributed by atoms with van der Waals surface area (Å²) in [7, 11) is 0. The minimum Gasteiger partial charge on any atom is -0.455 e. The van der Waals surface area contributed by atoms with E-state index in [1.165, 1.54) is 17.3 Å². The zero-order chi connectivity index (χ0) is 13.9. The molecule has 0 amide bonds. The van der Waals surface area contributed by atoms with Gasteiger partial charge in [-0.1, -0.05) is 31.9 Å². The lowest BCUT2D eigenvalue weighted by Crippen LogP contribution is -1.85. The lowest BCUT2D eigenvalue weighted by molar-refractivity contribution is 0.574. The Balaban J connectivity index is 1.88. The van der Waals surface area contributed by atoms with E-state index in [0.717, 1.165) is 20.3 Å². The lowest BCUT2D eigenvalue weighted by Gasteiger charge is -2.01. The van der Waals surface area contributed by atoms with Crippen molar-refractivity contribution in [1.29, 1.82) is 0 Å². The standard InChI is InChI=1S/C13H8Br2N4O/c14-9-1-3-12(15)11(5-9)13-4-2-10(20-13)6-18-19-7-16-17-8-19/h1-8H. The molecule has 5 nitrogen and oxygen atoms in total. The van der Waals surface area contributed by atoms with Crippen molar-refractivity contribution in [3.05, 3.63) is 57.7 Å². The van der Waals surface area contributed by atoms with Crippen LogP contribution >= 0.6 is 31.9 Å². The van der Waals surface area contributed by atoms with E-state index >= 15 is 0 Å². The van der Waals surface area contributed by atoms with Crippen molar-refractivity contribution >= 4 is 38.1 Å². The van der Waals surface area contributed by atoms with Gasteiger partial charge in [-0.25, -0.2) is 4.68 Å². The first-order valence-corrected chi connectivity index (χ1v) is 7.25. The van der Waals surface area contributed by atoms with Gasteiger partial charge >= 0.3 is 0 Å². The summed E-state index contributed by atoms with van der Waals surface area (Å²) >= 11 is 6.96. The first-order valence-electron chi connectivity index (χ1n) is 5.66. The first-order chi connectivity index (χ1) is 9.72.